The molecule has 0 unspecified atom stereocenters. The number of carbonyl (C=O) groups is 1. The van der Waals surface area contributed by atoms with Crippen molar-refractivity contribution in [3.8, 4) is 6.07 Å². The lowest BCUT2D eigenvalue weighted by Crippen LogP contribution is -2.42. The molecule has 3 rings (SSSR count). The summed E-state index contributed by atoms with van der Waals surface area (Å²) in [6, 6.07) is 13.9. The summed E-state index contributed by atoms with van der Waals surface area (Å²) in [7, 11) is 0. The summed E-state index contributed by atoms with van der Waals surface area (Å²) in [6.45, 7) is 3.31. The molecule has 116 valence electrons. The molecule has 2 heterocycles. The van der Waals surface area contributed by atoms with E-state index < -0.39 is 5.54 Å². The lowest BCUT2D eigenvalue weighted by atomic mass is 10.1. The van der Waals surface area contributed by atoms with E-state index in [4.69, 9.17) is 5.26 Å². The first-order chi connectivity index (χ1) is 11.0. The van der Waals surface area contributed by atoms with Gasteiger partial charge in [0.05, 0.1) is 17.6 Å². The van der Waals surface area contributed by atoms with Crippen molar-refractivity contribution >= 4 is 29.0 Å². The van der Waals surface area contributed by atoms with Crippen LogP contribution in [0.15, 0.2) is 47.5 Å². The van der Waals surface area contributed by atoms with Gasteiger partial charge >= 0.3 is 0 Å². The first kappa shape index (κ1) is 15.4. The third kappa shape index (κ3) is 3.15. The fraction of sp³-hybridized carbons (Fsp3) is 0.235. The molecule has 0 bridgehead atoms. The molecule has 0 fully saturated rings. The molecular formula is C17H16N4OS. The maximum absolute atomic E-state index is 12.3. The minimum absolute atomic E-state index is 0.306. The minimum Gasteiger partial charge on any atom is -0.333 e. The zero-order valence-electron chi connectivity index (χ0n) is 12.9. The number of rotatable bonds is 3. The number of nitrogens with zero attached hydrogens (tertiary/aromatic N) is 3. The van der Waals surface area contributed by atoms with Crippen molar-refractivity contribution < 1.29 is 4.79 Å². The minimum atomic E-state index is -0.926. The van der Waals surface area contributed by atoms with Crippen molar-refractivity contribution in [3.05, 3.63) is 48.3 Å². The smallest absolute Gasteiger partial charge is 0.271 e. The van der Waals surface area contributed by atoms with Crippen LogP contribution in [0.1, 0.15) is 24.3 Å². The van der Waals surface area contributed by atoms with E-state index in [0.29, 0.717) is 5.69 Å². The third-order valence-electron chi connectivity index (χ3n) is 3.50. The number of thioether (sulfide) groups is 1. The SMILES string of the molecule is CC(C)(C#N)NC(=O)c1cc(N2CSc3ccccc32)ccn1. The van der Waals surface area contributed by atoms with Gasteiger partial charge in [-0.2, -0.15) is 5.26 Å². The highest BCUT2D eigenvalue weighted by atomic mass is 32.2. The van der Waals surface area contributed by atoms with E-state index in [0.717, 1.165) is 17.3 Å². The van der Waals surface area contributed by atoms with Crippen molar-refractivity contribution in [2.24, 2.45) is 0 Å². The average Bonchev–Trinajstić information content (AvgIpc) is 2.98. The molecule has 5 nitrogen and oxygen atoms in total. The Hall–Kier alpha value is -2.52. The Morgan fingerprint density at radius 3 is 2.96 bits per heavy atom. The van der Waals surface area contributed by atoms with Gasteiger partial charge < -0.3 is 10.2 Å². The number of nitriles is 1. The Kier molecular flexibility index (Phi) is 3.97. The van der Waals surface area contributed by atoms with E-state index in [1.54, 1.807) is 37.9 Å². The van der Waals surface area contributed by atoms with Gasteiger partial charge in [-0.05, 0) is 38.1 Å². The number of hydrogen-bond acceptors (Lipinski definition) is 5. The molecular weight excluding hydrogens is 308 g/mol. The molecule has 1 aromatic heterocycles. The van der Waals surface area contributed by atoms with E-state index in [2.05, 4.69) is 33.4 Å². The molecule has 1 amide bonds. The van der Waals surface area contributed by atoms with Gasteiger partial charge in [0.1, 0.15) is 11.2 Å². The largest absolute Gasteiger partial charge is 0.333 e. The highest BCUT2D eigenvalue weighted by molar-refractivity contribution is 7.99. The molecule has 1 N–H and O–H groups in total. The van der Waals surface area contributed by atoms with E-state index in [1.165, 1.54) is 4.90 Å². The molecule has 1 aromatic carbocycles. The van der Waals surface area contributed by atoms with E-state index in [-0.39, 0.29) is 5.91 Å². The Morgan fingerprint density at radius 1 is 1.39 bits per heavy atom. The summed E-state index contributed by atoms with van der Waals surface area (Å²) in [5.41, 5.74) is 1.43. The van der Waals surface area contributed by atoms with Crippen LogP contribution in [-0.2, 0) is 0 Å². The van der Waals surface area contributed by atoms with Crippen molar-refractivity contribution in [1.29, 1.82) is 5.26 Å². The molecule has 6 heteroatoms. The number of para-hydroxylation sites is 1. The molecule has 0 aliphatic carbocycles. The first-order valence-corrected chi connectivity index (χ1v) is 8.18. The van der Waals surface area contributed by atoms with Gasteiger partial charge in [-0.1, -0.05) is 12.1 Å². The molecule has 1 aliphatic rings. The number of hydrogen-bond donors (Lipinski definition) is 1. The zero-order chi connectivity index (χ0) is 16.4. The van der Waals surface area contributed by atoms with Crippen molar-refractivity contribution in [1.82, 2.24) is 10.3 Å². The highest BCUT2D eigenvalue weighted by Crippen LogP contribution is 2.42. The molecule has 0 saturated heterocycles. The summed E-state index contributed by atoms with van der Waals surface area (Å²) >= 11 is 1.76. The number of anilines is 2. The average molecular weight is 324 g/mol. The standard InChI is InChI=1S/C17H16N4OS/c1-17(2,10-18)20-16(22)13-9-12(7-8-19-13)21-11-23-15-6-4-3-5-14(15)21/h3-9H,11H2,1-2H3,(H,20,22). The summed E-state index contributed by atoms with van der Waals surface area (Å²) in [4.78, 5) is 19.8. The highest BCUT2D eigenvalue weighted by Gasteiger charge is 2.24. The normalized spacial score (nSPS) is 13.3. The van der Waals surface area contributed by atoms with Crippen LogP contribution in [0.3, 0.4) is 0 Å². The van der Waals surface area contributed by atoms with Crippen LogP contribution < -0.4 is 10.2 Å². The van der Waals surface area contributed by atoms with Gasteiger partial charge in [0, 0.05) is 16.8 Å². The number of aromatic nitrogens is 1. The number of amides is 1. The number of pyridine rings is 1. The van der Waals surface area contributed by atoms with E-state index in [1.807, 2.05) is 18.2 Å². The Balaban J connectivity index is 1.87. The van der Waals surface area contributed by atoms with Gasteiger partial charge in [-0.15, -0.1) is 11.8 Å². The predicted molar refractivity (Wildman–Crippen MR) is 90.7 cm³/mol. The summed E-state index contributed by atoms with van der Waals surface area (Å²) in [5, 5.41) is 11.7. The number of carbonyl (C=O) groups excluding carboxylic acids is 1. The fourth-order valence-corrected chi connectivity index (χ4v) is 3.36. The third-order valence-corrected chi connectivity index (χ3v) is 4.54. The molecule has 2 aromatic rings. The van der Waals surface area contributed by atoms with Crippen LogP contribution in [0.4, 0.5) is 11.4 Å². The zero-order valence-corrected chi connectivity index (χ0v) is 13.7. The van der Waals surface area contributed by atoms with Gasteiger partial charge in [0.15, 0.2) is 0 Å². The van der Waals surface area contributed by atoms with Crippen LogP contribution in [0.2, 0.25) is 0 Å². The second-order valence-electron chi connectivity index (χ2n) is 5.76. The molecule has 0 saturated carbocycles. The molecule has 0 atom stereocenters. The predicted octanol–water partition coefficient (Wildman–Crippen LogP) is 3.31. The Morgan fingerprint density at radius 2 is 2.17 bits per heavy atom. The van der Waals surface area contributed by atoms with Crippen molar-refractivity contribution in [3.63, 3.8) is 0 Å². The molecule has 0 spiro atoms. The van der Waals surface area contributed by atoms with E-state index in [9.17, 15) is 4.79 Å². The lowest BCUT2D eigenvalue weighted by Gasteiger charge is -2.20. The van der Waals surface area contributed by atoms with Gasteiger partial charge in [-0.3, -0.25) is 9.78 Å². The quantitative estimate of drug-likeness (QED) is 0.938. The lowest BCUT2D eigenvalue weighted by molar-refractivity contribution is 0.0924. The molecule has 1 aliphatic heterocycles. The number of nitrogens with one attached hydrogen (secondary N) is 1. The van der Waals surface area contributed by atoms with E-state index >= 15 is 0 Å². The van der Waals surface area contributed by atoms with Crippen LogP contribution in [0.25, 0.3) is 0 Å². The van der Waals surface area contributed by atoms with Gasteiger partial charge in [-0.25, -0.2) is 0 Å². The van der Waals surface area contributed by atoms with Gasteiger partial charge in [0.2, 0.25) is 0 Å². The Bertz CT molecular complexity index is 797. The maximum atomic E-state index is 12.3. The topological polar surface area (TPSA) is 69.0 Å². The number of benzene rings is 1. The van der Waals surface area contributed by atoms with Crippen LogP contribution in [0, 0.1) is 11.3 Å². The summed E-state index contributed by atoms with van der Waals surface area (Å²) in [6.07, 6.45) is 1.62. The maximum Gasteiger partial charge on any atom is 0.271 e. The number of fused-ring (bicyclic) bond motifs is 1. The van der Waals surface area contributed by atoms with Crippen LogP contribution in [0.5, 0.6) is 0 Å². The Labute approximate surface area is 139 Å². The fourth-order valence-electron chi connectivity index (χ4n) is 2.31. The van der Waals surface area contributed by atoms with Crippen LogP contribution in [-0.4, -0.2) is 22.3 Å². The second-order valence-corrected chi connectivity index (χ2v) is 6.75. The first-order valence-electron chi connectivity index (χ1n) is 7.19. The second kappa shape index (κ2) is 5.94. The van der Waals surface area contributed by atoms with Crippen LogP contribution >= 0.6 is 11.8 Å². The monoisotopic (exact) mass is 324 g/mol. The summed E-state index contributed by atoms with van der Waals surface area (Å²) in [5.74, 6) is 0.451. The van der Waals surface area contributed by atoms with Gasteiger partial charge in [0.25, 0.3) is 5.91 Å². The summed E-state index contributed by atoms with van der Waals surface area (Å²) < 4.78 is 0. The van der Waals surface area contributed by atoms with Crippen molar-refractivity contribution in [2.75, 3.05) is 10.8 Å². The molecule has 23 heavy (non-hydrogen) atoms. The van der Waals surface area contributed by atoms with Crippen molar-refractivity contribution in [2.45, 2.75) is 24.3 Å². The molecule has 0 radical (unpaired) electrons.